The molecule has 3 nitrogen and oxygen atoms in total. The second-order valence-corrected chi connectivity index (χ2v) is 6.37. The Morgan fingerprint density at radius 3 is 2.61 bits per heavy atom. The maximum absolute atomic E-state index is 10.5. The van der Waals surface area contributed by atoms with Gasteiger partial charge in [-0.05, 0) is 40.6 Å². The highest BCUT2D eigenvalue weighted by molar-refractivity contribution is 9.10. The van der Waals surface area contributed by atoms with Crippen LogP contribution in [0.2, 0.25) is 0 Å². The third-order valence-corrected chi connectivity index (χ3v) is 4.86. The lowest BCUT2D eigenvalue weighted by molar-refractivity contribution is 0.0653. The molecule has 1 aliphatic rings. The molecule has 0 aliphatic heterocycles. The monoisotopic (exact) mass is 314 g/mol. The van der Waals surface area contributed by atoms with Crippen molar-refractivity contribution >= 4 is 15.9 Å². The van der Waals surface area contributed by atoms with E-state index >= 15 is 0 Å². The molecule has 1 aromatic rings. The fourth-order valence-electron chi connectivity index (χ4n) is 3.18. The Labute approximate surface area is 118 Å². The molecule has 1 aromatic heterocycles. The van der Waals surface area contributed by atoms with E-state index in [0.29, 0.717) is 5.92 Å². The van der Waals surface area contributed by atoms with Crippen LogP contribution in [0.25, 0.3) is 0 Å². The maximum Gasteiger partial charge on any atom is 0.0996 e. The van der Waals surface area contributed by atoms with E-state index in [-0.39, 0.29) is 6.10 Å². The lowest BCUT2D eigenvalue weighted by Crippen LogP contribution is -2.22. The van der Waals surface area contributed by atoms with Gasteiger partial charge in [0.1, 0.15) is 0 Å². The van der Waals surface area contributed by atoms with Crippen molar-refractivity contribution in [3.05, 3.63) is 16.4 Å². The van der Waals surface area contributed by atoms with Gasteiger partial charge < -0.3 is 5.11 Å². The van der Waals surface area contributed by atoms with E-state index in [4.69, 9.17) is 0 Å². The van der Waals surface area contributed by atoms with E-state index in [2.05, 4.69) is 28.0 Å². The summed E-state index contributed by atoms with van der Waals surface area (Å²) in [5.74, 6) is 1.28. The smallest absolute Gasteiger partial charge is 0.0996 e. The van der Waals surface area contributed by atoms with Gasteiger partial charge in [0.2, 0.25) is 0 Å². The Morgan fingerprint density at radius 2 is 2.11 bits per heavy atom. The number of rotatable bonds is 4. The highest BCUT2D eigenvalue weighted by Crippen LogP contribution is 2.39. The van der Waals surface area contributed by atoms with Gasteiger partial charge in [0.15, 0.2) is 0 Å². The van der Waals surface area contributed by atoms with Crippen LogP contribution in [0.5, 0.6) is 0 Å². The average Bonchev–Trinajstić information content (AvgIpc) is 2.70. The van der Waals surface area contributed by atoms with Gasteiger partial charge in [0, 0.05) is 7.05 Å². The van der Waals surface area contributed by atoms with Gasteiger partial charge in [0.05, 0.1) is 22.5 Å². The van der Waals surface area contributed by atoms with Crippen LogP contribution in [0.4, 0.5) is 0 Å². The number of aromatic nitrogens is 2. The number of aliphatic hydroxyl groups is 1. The first-order valence-corrected chi connectivity index (χ1v) is 7.78. The van der Waals surface area contributed by atoms with Crippen molar-refractivity contribution in [1.29, 1.82) is 0 Å². The number of halogens is 1. The molecule has 1 fully saturated rings. The van der Waals surface area contributed by atoms with Crippen LogP contribution in [0.15, 0.2) is 10.7 Å². The van der Waals surface area contributed by atoms with Crippen molar-refractivity contribution in [3.8, 4) is 0 Å². The molecule has 0 aromatic carbocycles. The van der Waals surface area contributed by atoms with Crippen LogP contribution >= 0.6 is 15.9 Å². The van der Waals surface area contributed by atoms with Crippen molar-refractivity contribution in [1.82, 2.24) is 9.78 Å². The number of hydrogen-bond donors (Lipinski definition) is 1. The van der Waals surface area contributed by atoms with E-state index < -0.39 is 0 Å². The maximum atomic E-state index is 10.5. The van der Waals surface area contributed by atoms with Crippen LogP contribution in [0.1, 0.15) is 57.2 Å². The van der Waals surface area contributed by atoms with Crippen LogP contribution < -0.4 is 0 Å². The molecule has 0 bridgehead atoms. The Kier molecular flexibility index (Phi) is 4.84. The van der Waals surface area contributed by atoms with Gasteiger partial charge in [-0.2, -0.15) is 5.10 Å². The van der Waals surface area contributed by atoms with Gasteiger partial charge in [-0.25, -0.2) is 0 Å². The van der Waals surface area contributed by atoms with E-state index in [9.17, 15) is 5.11 Å². The summed E-state index contributed by atoms with van der Waals surface area (Å²) in [6.45, 7) is 2.26. The molecule has 0 amide bonds. The normalized spacial score (nSPS) is 26.2. The molecule has 1 aliphatic carbocycles. The molecule has 1 heterocycles. The highest BCUT2D eigenvalue weighted by Gasteiger charge is 2.29. The second-order valence-electron chi connectivity index (χ2n) is 5.52. The van der Waals surface area contributed by atoms with Crippen molar-refractivity contribution in [2.24, 2.45) is 18.9 Å². The molecule has 1 atom stereocenters. The summed E-state index contributed by atoms with van der Waals surface area (Å²) in [4.78, 5) is 0. The lowest BCUT2D eigenvalue weighted by Gasteiger charge is -2.31. The Balaban J connectivity index is 1.97. The molecule has 18 heavy (non-hydrogen) atoms. The summed E-state index contributed by atoms with van der Waals surface area (Å²) in [5, 5.41) is 14.7. The Bertz CT molecular complexity index is 364. The summed E-state index contributed by atoms with van der Waals surface area (Å²) in [5.41, 5.74) is 0.925. The van der Waals surface area contributed by atoms with Crippen molar-refractivity contribution in [3.63, 3.8) is 0 Å². The molecule has 1 N–H and O–H groups in total. The van der Waals surface area contributed by atoms with Crippen molar-refractivity contribution < 1.29 is 5.11 Å². The van der Waals surface area contributed by atoms with E-state index in [0.717, 1.165) is 28.9 Å². The third kappa shape index (κ3) is 2.97. The molecule has 0 radical (unpaired) electrons. The van der Waals surface area contributed by atoms with Crippen LogP contribution in [0, 0.1) is 11.8 Å². The summed E-state index contributed by atoms with van der Waals surface area (Å²) in [7, 11) is 1.89. The van der Waals surface area contributed by atoms with Crippen molar-refractivity contribution in [2.45, 2.75) is 51.6 Å². The topological polar surface area (TPSA) is 38.1 Å². The first kappa shape index (κ1) is 14.1. The minimum atomic E-state index is -0.380. The van der Waals surface area contributed by atoms with Crippen LogP contribution in [-0.2, 0) is 7.05 Å². The van der Waals surface area contributed by atoms with E-state index in [1.54, 1.807) is 10.9 Å². The van der Waals surface area contributed by atoms with Crippen LogP contribution in [0.3, 0.4) is 0 Å². The fourth-order valence-corrected chi connectivity index (χ4v) is 3.76. The minimum Gasteiger partial charge on any atom is -0.386 e. The van der Waals surface area contributed by atoms with Gasteiger partial charge in [-0.1, -0.05) is 32.6 Å². The molecule has 102 valence electrons. The first-order chi connectivity index (χ1) is 8.63. The van der Waals surface area contributed by atoms with Gasteiger partial charge in [-0.3, -0.25) is 4.68 Å². The number of aryl methyl sites for hydroxylation is 1. The molecule has 2 rings (SSSR count). The Morgan fingerprint density at radius 1 is 1.44 bits per heavy atom. The van der Waals surface area contributed by atoms with Crippen molar-refractivity contribution in [2.75, 3.05) is 0 Å². The number of hydrogen-bond acceptors (Lipinski definition) is 2. The van der Waals surface area contributed by atoms with E-state index in [1.165, 1.54) is 25.7 Å². The zero-order chi connectivity index (χ0) is 13.1. The predicted molar refractivity (Wildman–Crippen MR) is 76.2 cm³/mol. The molecular formula is C14H23BrN2O. The standard InChI is InChI=1S/C14H23BrN2O/c1-3-4-10-5-7-11(8-6-10)14(18)13-12(15)9-16-17(13)2/h9-11,14,18H,3-8H2,1-2H3. The number of aliphatic hydroxyl groups excluding tert-OH is 1. The van der Waals surface area contributed by atoms with Gasteiger partial charge >= 0.3 is 0 Å². The molecular weight excluding hydrogens is 292 g/mol. The molecule has 0 spiro atoms. The van der Waals surface area contributed by atoms with E-state index in [1.807, 2.05) is 7.05 Å². The lowest BCUT2D eigenvalue weighted by atomic mass is 9.77. The zero-order valence-corrected chi connectivity index (χ0v) is 12.9. The molecule has 1 unspecified atom stereocenters. The highest BCUT2D eigenvalue weighted by atomic mass is 79.9. The quantitative estimate of drug-likeness (QED) is 0.917. The first-order valence-electron chi connectivity index (χ1n) is 6.99. The predicted octanol–water partition coefficient (Wildman–Crippen LogP) is 3.82. The van der Waals surface area contributed by atoms with Gasteiger partial charge in [-0.15, -0.1) is 0 Å². The SMILES string of the molecule is CCCC1CCC(C(O)c2c(Br)cnn2C)CC1. The van der Waals surface area contributed by atoms with Crippen LogP contribution in [-0.4, -0.2) is 14.9 Å². The fraction of sp³-hybridized carbons (Fsp3) is 0.786. The average molecular weight is 315 g/mol. The summed E-state index contributed by atoms with van der Waals surface area (Å²) < 4.78 is 2.71. The number of nitrogens with zero attached hydrogens (tertiary/aromatic N) is 2. The molecule has 0 saturated heterocycles. The molecule has 4 heteroatoms. The van der Waals surface area contributed by atoms with Gasteiger partial charge in [0.25, 0.3) is 0 Å². The minimum absolute atomic E-state index is 0.380. The summed E-state index contributed by atoms with van der Waals surface area (Å²) in [6, 6.07) is 0. The zero-order valence-electron chi connectivity index (χ0n) is 11.3. The summed E-state index contributed by atoms with van der Waals surface area (Å²) in [6.07, 6.45) is 8.84. The second kappa shape index (κ2) is 6.20. The molecule has 1 saturated carbocycles. The largest absolute Gasteiger partial charge is 0.386 e. The third-order valence-electron chi connectivity index (χ3n) is 4.25. The Hall–Kier alpha value is -0.350. The summed E-state index contributed by atoms with van der Waals surface area (Å²) >= 11 is 3.48.